The molecule has 0 bridgehead atoms. The number of H-pyrrole nitrogens is 1. The Morgan fingerprint density at radius 2 is 1.68 bits per heavy atom. The van der Waals surface area contributed by atoms with Crippen LogP contribution in [-0.2, 0) is 6.61 Å². The van der Waals surface area contributed by atoms with E-state index >= 15 is 0 Å². The van der Waals surface area contributed by atoms with E-state index in [4.69, 9.17) is 0 Å². The molecule has 28 heavy (non-hydrogen) atoms. The predicted molar refractivity (Wildman–Crippen MR) is 112 cm³/mol. The first-order valence-electron chi connectivity index (χ1n) is 8.72. The molecular formula is C23H16N2O2S. The zero-order chi connectivity index (χ0) is 19.5. The first-order valence-corrected chi connectivity index (χ1v) is 9.60. The number of nitrogens with one attached hydrogen (secondary N) is 1. The lowest BCUT2D eigenvalue weighted by atomic mass is 9.88. The van der Waals surface area contributed by atoms with Gasteiger partial charge in [0.05, 0.1) is 23.8 Å². The SMILES string of the molecule is N#Cc1ccccc1-c1c(-c2ccccc2)c(-c2ccsc2CO)c[nH]c1=O. The van der Waals surface area contributed by atoms with Crippen LogP contribution in [0.3, 0.4) is 0 Å². The van der Waals surface area contributed by atoms with Gasteiger partial charge in [0.1, 0.15) is 0 Å². The number of aromatic nitrogens is 1. The van der Waals surface area contributed by atoms with E-state index in [2.05, 4.69) is 11.1 Å². The van der Waals surface area contributed by atoms with Crippen LogP contribution in [0.4, 0.5) is 0 Å². The van der Waals surface area contributed by atoms with Gasteiger partial charge in [-0.3, -0.25) is 4.79 Å². The Morgan fingerprint density at radius 3 is 2.43 bits per heavy atom. The molecule has 0 aliphatic rings. The van der Waals surface area contributed by atoms with Gasteiger partial charge in [0.2, 0.25) is 0 Å². The van der Waals surface area contributed by atoms with E-state index in [1.54, 1.807) is 24.4 Å². The van der Waals surface area contributed by atoms with Gasteiger partial charge >= 0.3 is 0 Å². The van der Waals surface area contributed by atoms with Crippen LogP contribution in [0.5, 0.6) is 0 Å². The first-order chi connectivity index (χ1) is 13.7. The Hall–Kier alpha value is -3.46. The van der Waals surface area contributed by atoms with Crippen molar-refractivity contribution in [2.45, 2.75) is 6.61 Å². The van der Waals surface area contributed by atoms with Crippen molar-refractivity contribution in [1.29, 1.82) is 5.26 Å². The number of nitrogens with zero attached hydrogens (tertiary/aromatic N) is 1. The summed E-state index contributed by atoms with van der Waals surface area (Å²) in [6.07, 6.45) is 1.68. The number of hydrogen-bond donors (Lipinski definition) is 2. The van der Waals surface area contributed by atoms with E-state index in [1.165, 1.54) is 11.3 Å². The average molecular weight is 384 g/mol. The van der Waals surface area contributed by atoms with E-state index < -0.39 is 0 Å². The highest BCUT2D eigenvalue weighted by Gasteiger charge is 2.21. The van der Waals surface area contributed by atoms with Gasteiger partial charge in [0.15, 0.2) is 0 Å². The lowest BCUT2D eigenvalue weighted by Crippen LogP contribution is -2.12. The van der Waals surface area contributed by atoms with Gasteiger partial charge in [-0.25, -0.2) is 0 Å². The van der Waals surface area contributed by atoms with Crippen molar-refractivity contribution in [3.05, 3.63) is 93.0 Å². The maximum Gasteiger partial charge on any atom is 0.256 e. The summed E-state index contributed by atoms with van der Waals surface area (Å²) in [6.45, 7) is -0.0789. The van der Waals surface area contributed by atoms with Crippen LogP contribution in [0.25, 0.3) is 33.4 Å². The van der Waals surface area contributed by atoms with Crippen LogP contribution in [0, 0.1) is 11.3 Å². The summed E-state index contributed by atoms with van der Waals surface area (Å²) in [5.41, 5.74) is 4.54. The molecule has 0 spiro atoms. The number of rotatable bonds is 4. The quantitative estimate of drug-likeness (QED) is 0.530. The molecular weight excluding hydrogens is 368 g/mol. The molecule has 0 fully saturated rings. The minimum absolute atomic E-state index is 0.0789. The Morgan fingerprint density at radius 1 is 0.929 bits per heavy atom. The second kappa shape index (κ2) is 7.65. The molecule has 2 aromatic heterocycles. The lowest BCUT2D eigenvalue weighted by Gasteiger charge is -2.16. The zero-order valence-electron chi connectivity index (χ0n) is 14.8. The Labute approximate surface area is 166 Å². The highest BCUT2D eigenvalue weighted by Crippen LogP contribution is 2.40. The summed E-state index contributed by atoms with van der Waals surface area (Å²) in [7, 11) is 0. The van der Waals surface area contributed by atoms with E-state index in [9.17, 15) is 15.2 Å². The highest BCUT2D eigenvalue weighted by molar-refractivity contribution is 7.10. The predicted octanol–water partition coefficient (Wildman–Crippen LogP) is 4.80. The van der Waals surface area contributed by atoms with Crippen LogP contribution < -0.4 is 5.56 Å². The van der Waals surface area contributed by atoms with Gasteiger partial charge in [-0.05, 0) is 23.1 Å². The summed E-state index contributed by atoms with van der Waals surface area (Å²) in [5, 5.41) is 21.2. The molecule has 2 N–H and O–H groups in total. The molecule has 4 nitrogen and oxygen atoms in total. The van der Waals surface area contributed by atoms with Gasteiger partial charge in [-0.2, -0.15) is 5.26 Å². The normalized spacial score (nSPS) is 10.6. The zero-order valence-corrected chi connectivity index (χ0v) is 15.7. The number of pyridine rings is 1. The number of aliphatic hydroxyl groups is 1. The smallest absolute Gasteiger partial charge is 0.256 e. The molecule has 0 aliphatic carbocycles. The molecule has 0 aliphatic heterocycles. The summed E-state index contributed by atoms with van der Waals surface area (Å²) in [6, 6.07) is 20.9. The summed E-state index contributed by atoms with van der Waals surface area (Å²) in [4.78, 5) is 16.6. The molecule has 2 heterocycles. The van der Waals surface area contributed by atoms with E-state index in [-0.39, 0.29) is 12.2 Å². The van der Waals surface area contributed by atoms with Gasteiger partial charge in [0, 0.05) is 33.3 Å². The van der Waals surface area contributed by atoms with Crippen LogP contribution in [0.1, 0.15) is 10.4 Å². The van der Waals surface area contributed by atoms with E-state index in [1.807, 2.05) is 47.8 Å². The van der Waals surface area contributed by atoms with Crippen molar-refractivity contribution in [3.63, 3.8) is 0 Å². The Bertz CT molecular complexity index is 1230. The standard InChI is InChI=1S/C23H16N2O2S/c24-12-16-8-4-5-9-17(16)22-21(15-6-2-1-3-7-15)19(13-25-23(22)27)18-10-11-28-20(18)14-26/h1-11,13,26H,14H2,(H,25,27). The van der Waals surface area contributed by atoms with Crippen molar-refractivity contribution < 1.29 is 5.11 Å². The number of thiophene rings is 1. The van der Waals surface area contributed by atoms with Crippen molar-refractivity contribution in [2.24, 2.45) is 0 Å². The molecule has 0 atom stereocenters. The largest absolute Gasteiger partial charge is 0.391 e. The lowest BCUT2D eigenvalue weighted by molar-refractivity contribution is 0.286. The molecule has 5 heteroatoms. The first kappa shape index (κ1) is 17.9. The molecule has 4 rings (SSSR count). The Kier molecular flexibility index (Phi) is 4.90. The number of aliphatic hydroxyl groups excluding tert-OH is 1. The maximum absolute atomic E-state index is 12.9. The van der Waals surface area contributed by atoms with Gasteiger partial charge in [-0.15, -0.1) is 11.3 Å². The number of nitriles is 1. The third kappa shape index (κ3) is 3.05. The fourth-order valence-electron chi connectivity index (χ4n) is 3.41. The second-order valence-electron chi connectivity index (χ2n) is 6.22. The maximum atomic E-state index is 12.9. The third-order valence-electron chi connectivity index (χ3n) is 4.65. The molecule has 0 saturated heterocycles. The van der Waals surface area contributed by atoms with Gasteiger partial charge < -0.3 is 10.1 Å². The fraction of sp³-hybridized carbons (Fsp3) is 0.0435. The highest BCUT2D eigenvalue weighted by atomic mass is 32.1. The molecule has 0 radical (unpaired) electrons. The minimum Gasteiger partial charge on any atom is -0.391 e. The molecule has 0 unspecified atom stereocenters. The van der Waals surface area contributed by atoms with Crippen molar-refractivity contribution in [3.8, 4) is 39.4 Å². The summed E-state index contributed by atoms with van der Waals surface area (Å²) in [5.74, 6) is 0. The van der Waals surface area contributed by atoms with Crippen LogP contribution in [0.15, 0.2) is 77.0 Å². The number of hydrogen-bond acceptors (Lipinski definition) is 4. The molecule has 0 saturated carbocycles. The van der Waals surface area contributed by atoms with Gasteiger partial charge in [0.25, 0.3) is 5.56 Å². The van der Waals surface area contributed by atoms with Crippen LogP contribution in [-0.4, -0.2) is 10.1 Å². The van der Waals surface area contributed by atoms with Crippen molar-refractivity contribution in [2.75, 3.05) is 0 Å². The molecule has 0 amide bonds. The van der Waals surface area contributed by atoms with Crippen LogP contribution >= 0.6 is 11.3 Å². The van der Waals surface area contributed by atoms with Crippen molar-refractivity contribution in [1.82, 2.24) is 4.98 Å². The number of aromatic amines is 1. The second-order valence-corrected chi connectivity index (χ2v) is 7.22. The Balaban J connectivity index is 2.14. The van der Waals surface area contributed by atoms with Crippen LogP contribution in [0.2, 0.25) is 0 Å². The third-order valence-corrected chi connectivity index (χ3v) is 5.56. The van der Waals surface area contributed by atoms with Crippen molar-refractivity contribution >= 4 is 11.3 Å². The number of benzene rings is 2. The average Bonchev–Trinajstić information content (AvgIpc) is 3.23. The fourth-order valence-corrected chi connectivity index (χ4v) is 4.15. The van der Waals surface area contributed by atoms with E-state index in [0.717, 1.165) is 27.1 Å². The van der Waals surface area contributed by atoms with Gasteiger partial charge in [-0.1, -0.05) is 48.5 Å². The van der Waals surface area contributed by atoms with E-state index in [0.29, 0.717) is 16.7 Å². The molecule has 2 aromatic carbocycles. The molecule has 4 aromatic rings. The topological polar surface area (TPSA) is 76.9 Å². The summed E-state index contributed by atoms with van der Waals surface area (Å²) >= 11 is 1.47. The molecule has 136 valence electrons. The minimum atomic E-state index is -0.258. The monoisotopic (exact) mass is 384 g/mol. The summed E-state index contributed by atoms with van der Waals surface area (Å²) < 4.78 is 0.